The maximum absolute atomic E-state index is 12.7. The fraction of sp³-hybridized carbons (Fsp3) is 0.273. The zero-order chi connectivity index (χ0) is 21.5. The molecule has 2 aromatic rings. The first-order valence-corrected chi connectivity index (χ1v) is 9.24. The number of amides is 1. The molecule has 1 atom stereocenters. The summed E-state index contributed by atoms with van der Waals surface area (Å²) in [4.78, 5) is 38.1. The third-order valence-corrected chi connectivity index (χ3v) is 4.74. The zero-order valence-corrected chi connectivity index (χ0v) is 16.4. The molecule has 0 saturated heterocycles. The van der Waals surface area contributed by atoms with Gasteiger partial charge in [-0.05, 0) is 35.4 Å². The van der Waals surface area contributed by atoms with E-state index in [0.717, 1.165) is 11.1 Å². The number of esters is 2. The van der Waals surface area contributed by atoms with E-state index in [4.69, 9.17) is 19.5 Å². The molecule has 0 fully saturated rings. The Kier molecular flexibility index (Phi) is 6.65. The molecule has 0 unspecified atom stereocenters. The Morgan fingerprint density at radius 1 is 1.07 bits per heavy atom. The van der Waals surface area contributed by atoms with Crippen LogP contribution >= 0.6 is 0 Å². The van der Waals surface area contributed by atoms with Crippen LogP contribution in [-0.2, 0) is 36.8 Å². The van der Waals surface area contributed by atoms with E-state index >= 15 is 0 Å². The molecule has 3 rings (SSSR count). The Morgan fingerprint density at radius 3 is 2.43 bits per heavy atom. The van der Waals surface area contributed by atoms with Crippen molar-refractivity contribution in [3.05, 3.63) is 65.2 Å². The molecule has 2 aromatic carbocycles. The highest BCUT2D eigenvalue weighted by atomic mass is 16.6. The molecule has 0 saturated carbocycles. The highest BCUT2D eigenvalue weighted by molar-refractivity contribution is 5.87. The average Bonchev–Trinajstić information content (AvgIpc) is 2.80. The average molecular weight is 408 g/mol. The lowest BCUT2D eigenvalue weighted by Gasteiger charge is -2.35. The van der Waals surface area contributed by atoms with Gasteiger partial charge in [-0.25, -0.2) is 9.59 Å². The smallest absolute Gasteiger partial charge is 0.344 e. The van der Waals surface area contributed by atoms with Crippen molar-refractivity contribution in [2.24, 2.45) is 0 Å². The molecular weight excluding hydrogens is 388 g/mol. The van der Waals surface area contributed by atoms with E-state index in [1.807, 2.05) is 30.3 Å². The number of nitrogens with zero attached hydrogens (tertiary/aromatic N) is 2. The first-order valence-electron chi connectivity index (χ1n) is 9.24. The third-order valence-electron chi connectivity index (χ3n) is 4.74. The summed E-state index contributed by atoms with van der Waals surface area (Å²) in [7, 11) is 1.27. The molecule has 0 radical (unpaired) electrons. The van der Waals surface area contributed by atoms with Crippen molar-refractivity contribution in [2.45, 2.75) is 19.0 Å². The minimum absolute atomic E-state index is 0.230. The molecule has 0 aromatic heterocycles. The minimum Gasteiger partial charge on any atom is -0.482 e. The molecule has 8 heteroatoms. The van der Waals surface area contributed by atoms with Gasteiger partial charge in [-0.2, -0.15) is 5.26 Å². The highest BCUT2D eigenvalue weighted by Crippen LogP contribution is 2.24. The summed E-state index contributed by atoms with van der Waals surface area (Å²) in [5.41, 5.74) is 2.38. The van der Waals surface area contributed by atoms with E-state index in [2.05, 4.69) is 0 Å². The highest BCUT2D eigenvalue weighted by Gasteiger charge is 2.35. The normalized spacial score (nSPS) is 14.8. The van der Waals surface area contributed by atoms with Crippen molar-refractivity contribution < 1.29 is 28.6 Å². The summed E-state index contributed by atoms with van der Waals surface area (Å²) in [5, 5.41) is 8.77. The fourth-order valence-electron chi connectivity index (χ4n) is 3.17. The number of ether oxygens (including phenoxy) is 3. The Balaban J connectivity index is 1.56. The molecular formula is C22H20N2O6. The van der Waals surface area contributed by atoms with Gasteiger partial charge in [0, 0.05) is 13.0 Å². The van der Waals surface area contributed by atoms with Gasteiger partial charge in [0.05, 0.1) is 18.7 Å². The van der Waals surface area contributed by atoms with Crippen LogP contribution in [0.4, 0.5) is 0 Å². The number of benzene rings is 2. The van der Waals surface area contributed by atoms with Gasteiger partial charge < -0.3 is 19.1 Å². The third kappa shape index (κ3) is 4.94. The lowest BCUT2D eigenvalue weighted by molar-refractivity contribution is -0.160. The molecule has 0 spiro atoms. The van der Waals surface area contributed by atoms with Crippen LogP contribution in [0, 0.1) is 11.3 Å². The van der Waals surface area contributed by atoms with Crippen LogP contribution < -0.4 is 4.74 Å². The molecule has 1 amide bonds. The minimum atomic E-state index is -0.772. The van der Waals surface area contributed by atoms with E-state index in [9.17, 15) is 14.4 Å². The van der Waals surface area contributed by atoms with Gasteiger partial charge in [0.1, 0.15) is 11.8 Å². The Morgan fingerprint density at radius 2 is 1.77 bits per heavy atom. The van der Waals surface area contributed by atoms with Gasteiger partial charge >= 0.3 is 11.9 Å². The van der Waals surface area contributed by atoms with Gasteiger partial charge in [-0.3, -0.25) is 4.79 Å². The SMILES string of the molecule is COC(=O)[C@@H]1Cc2ccccc2CN1C(=O)COC(=O)COc1ccc(C#N)cc1. The van der Waals surface area contributed by atoms with Crippen molar-refractivity contribution in [3.63, 3.8) is 0 Å². The number of rotatable bonds is 6. The number of carbonyl (C=O) groups excluding carboxylic acids is 3. The van der Waals surface area contributed by atoms with Gasteiger partial charge in [-0.15, -0.1) is 0 Å². The Bertz CT molecular complexity index is 980. The van der Waals surface area contributed by atoms with E-state index in [1.54, 1.807) is 24.3 Å². The van der Waals surface area contributed by atoms with Gasteiger partial charge in [0.25, 0.3) is 5.91 Å². The van der Waals surface area contributed by atoms with Gasteiger partial charge in [0.15, 0.2) is 13.2 Å². The van der Waals surface area contributed by atoms with Crippen molar-refractivity contribution in [3.8, 4) is 11.8 Å². The predicted molar refractivity (Wildman–Crippen MR) is 104 cm³/mol. The number of methoxy groups -OCH3 is 1. The summed E-state index contributed by atoms with van der Waals surface area (Å²) in [6.45, 7) is -0.665. The zero-order valence-electron chi connectivity index (χ0n) is 16.4. The standard InChI is InChI=1S/C22H20N2O6/c1-28-22(27)19-10-16-4-2-3-5-17(16)12-24(19)20(25)13-30-21(26)14-29-18-8-6-15(11-23)7-9-18/h2-9,19H,10,12-14H2,1H3/t19-/m0/s1. The first kappa shape index (κ1) is 20.9. The Labute approximate surface area is 173 Å². The molecule has 0 aliphatic carbocycles. The quantitative estimate of drug-likeness (QED) is 0.669. The molecule has 0 bridgehead atoms. The molecule has 30 heavy (non-hydrogen) atoms. The van der Waals surface area contributed by atoms with E-state index in [0.29, 0.717) is 17.7 Å². The molecule has 0 N–H and O–H groups in total. The van der Waals surface area contributed by atoms with Crippen LogP contribution in [0.15, 0.2) is 48.5 Å². The van der Waals surface area contributed by atoms with Crippen molar-refractivity contribution in [1.29, 1.82) is 5.26 Å². The van der Waals surface area contributed by atoms with Gasteiger partial charge in [0.2, 0.25) is 0 Å². The molecule has 1 aliphatic heterocycles. The van der Waals surface area contributed by atoms with Crippen molar-refractivity contribution in [2.75, 3.05) is 20.3 Å². The summed E-state index contributed by atoms with van der Waals surface area (Å²) in [6, 6.07) is 15.0. The van der Waals surface area contributed by atoms with Gasteiger partial charge in [-0.1, -0.05) is 24.3 Å². The van der Waals surface area contributed by atoms with Crippen LogP contribution in [-0.4, -0.2) is 49.1 Å². The predicted octanol–water partition coefficient (Wildman–Crippen LogP) is 1.61. The number of hydrogen-bond acceptors (Lipinski definition) is 7. The molecule has 1 aliphatic rings. The lowest BCUT2D eigenvalue weighted by atomic mass is 9.94. The van der Waals surface area contributed by atoms with Crippen molar-refractivity contribution >= 4 is 17.8 Å². The second kappa shape index (κ2) is 9.56. The number of hydrogen-bond donors (Lipinski definition) is 0. The fourth-order valence-corrected chi connectivity index (χ4v) is 3.17. The maximum atomic E-state index is 12.7. The topological polar surface area (TPSA) is 106 Å². The van der Waals surface area contributed by atoms with E-state index < -0.39 is 30.5 Å². The second-order valence-corrected chi connectivity index (χ2v) is 6.62. The van der Waals surface area contributed by atoms with Crippen molar-refractivity contribution in [1.82, 2.24) is 4.90 Å². The summed E-state index contributed by atoms with van der Waals surface area (Å²) in [6.07, 6.45) is 0.338. The summed E-state index contributed by atoms with van der Waals surface area (Å²) in [5.74, 6) is -1.34. The molecule has 154 valence electrons. The maximum Gasteiger partial charge on any atom is 0.344 e. The second-order valence-electron chi connectivity index (χ2n) is 6.62. The monoisotopic (exact) mass is 408 g/mol. The summed E-state index contributed by atoms with van der Waals surface area (Å²) < 4.78 is 15.1. The first-order chi connectivity index (χ1) is 14.5. The summed E-state index contributed by atoms with van der Waals surface area (Å²) >= 11 is 0. The van der Waals surface area contributed by atoms with Crippen LogP contribution in [0.2, 0.25) is 0 Å². The van der Waals surface area contributed by atoms with Crippen LogP contribution in [0.5, 0.6) is 5.75 Å². The Hall–Kier alpha value is -3.86. The lowest BCUT2D eigenvalue weighted by Crippen LogP contribution is -2.50. The van der Waals surface area contributed by atoms with Crippen LogP contribution in [0.3, 0.4) is 0 Å². The van der Waals surface area contributed by atoms with Crippen LogP contribution in [0.25, 0.3) is 0 Å². The molecule has 1 heterocycles. The number of fused-ring (bicyclic) bond motifs is 1. The molecule has 8 nitrogen and oxygen atoms in total. The number of carbonyl (C=O) groups is 3. The van der Waals surface area contributed by atoms with E-state index in [1.165, 1.54) is 12.0 Å². The largest absolute Gasteiger partial charge is 0.482 e. The number of nitriles is 1. The van der Waals surface area contributed by atoms with E-state index in [-0.39, 0.29) is 13.2 Å². The van der Waals surface area contributed by atoms with Crippen LogP contribution in [0.1, 0.15) is 16.7 Å².